The van der Waals surface area contributed by atoms with E-state index in [9.17, 15) is 0 Å². The molecule has 1 rings (SSSR count). The third kappa shape index (κ3) is 4.13. The maximum atomic E-state index is 2.28. The van der Waals surface area contributed by atoms with Gasteiger partial charge < -0.3 is 0 Å². The Balaban J connectivity index is 2.44. The molecule has 0 saturated carbocycles. The van der Waals surface area contributed by atoms with E-state index in [-0.39, 0.29) is 0 Å². The van der Waals surface area contributed by atoms with Crippen LogP contribution in [0.2, 0.25) is 0 Å². The quantitative estimate of drug-likeness (QED) is 0.643. The lowest BCUT2D eigenvalue weighted by Crippen LogP contribution is -2.01. The minimum atomic E-state index is 0.445. The van der Waals surface area contributed by atoms with Crippen molar-refractivity contribution >= 4 is 19.2 Å². The van der Waals surface area contributed by atoms with E-state index in [4.69, 9.17) is 0 Å². The molecule has 0 spiro atoms. The number of hydrogen-bond acceptors (Lipinski definition) is 1. The lowest BCUT2D eigenvalue weighted by Gasteiger charge is -2.16. The zero-order chi connectivity index (χ0) is 9.03. The second kappa shape index (κ2) is 4.30. The zero-order valence-electron chi connectivity index (χ0n) is 7.79. The standard InChI is InChI=1S/C10H15PS/c1-10(2,3)11-12-9-7-5-4-6-8-9/h4-8,11H,1-3H3. The number of benzene rings is 1. The van der Waals surface area contributed by atoms with Gasteiger partial charge in [-0.25, -0.2) is 0 Å². The fourth-order valence-corrected chi connectivity index (χ4v) is 3.10. The summed E-state index contributed by atoms with van der Waals surface area (Å²) in [5, 5.41) is 0.445. The fourth-order valence-electron chi connectivity index (χ4n) is 0.701. The van der Waals surface area contributed by atoms with Crippen LogP contribution in [0.3, 0.4) is 0 Å². The molecule has 1 unspecified atom stereocenters. The monoisotopic (exact) mass is 198 g/mol. The molecule has 0 fully saturated rings. The highest BCUT2D eigenvalue weighted by Gasteiger charge is 2.09. The van der Waals surface area contributed by atoms with Crippen molar-refractivity contribution < 1.29 is 0 Å². The van der Waals surface area contributed by atoms with Gasteiger partial charge in [0.05, 0.1) is 0 Å². The molecular formula is C10H15PS. The van der Waals surface area contributed by atoms with Crippen molar-refractivity contribution in [3.8, 4) is 0 Å². The van der Waals surface area contributed by atoms with Crippen LogP contribution in [0.5, 0.6) is 0 Å². The lowest BCUT2D eigenvalue weighted by atomic mass is 10.3. The van der Waals surface area contributed by atoms with Gasteiger partial charge in [-0.15, -0.1) is 11.4 Å². The molecule has 1 atom stereocenters. The van der Waals surface area contributed by atoms with E-state index < -0.39 is 0 Å². The van der Waals surface area contributed by atoms with Crippen LogP contribution in [0.4, 0.5) is 0 Å². The molecule has 66 valence electrons. The van der Waals surface area contributed by atoms with Crippen LogP contribution < -0.4 is 0 Å². The van der Waals surface area contributed by atoms with E-state index in [0.717, 1.165) is 7.78 Å². The van der Waals surface area contributed by atoms with Crippen molar-refractivity contribution in [2.75, 3.05) is 0 Å². The van der Waals surface area contributed by atoms with Crippen LogP contribution in [0.1, 0.15) is 20.8 Å². The molecule has 2 heteroatoms. The minimum Gasteiger partial charge on any atom is -0.101 e. The summed E-state index contributed by atoms with van der Waals surface area (Å²) in [7, 11) is 0.936. The van der Waals surface area contributed by atoms with Gasteiger partial charge in [0.15, 0.2) is 0 Å². The van der Waals surface area contributed by atoms with Gasteiger partial charge in [0.1, 0.15) is 0 Å². The van der Waals surface area contributed by atoms with Crippen molar-refractivity contribution in [1.82, 2.24) is 0 Å². The first kappa shape index (κ1) is 10.1. The van der Waals surface area contributed by atoms with Crippen LogP contribution >= 0.6 is 19.2 Å². The Morgan fingerprint density at radius 1 is 1.08 bits per heavy atom. The highest BCUT2D eigenvalue weighted by atomic mass is 32.7. The molecule has 0 aromatic heterocycles. The van der Waals surface area contributed by atoms with Crippen LogP contribution in [0, 0.1) is 0 Å². The SMILES string of the molecule is CC(C)(C)PSc1ccccc1. The Labute approximate surface area is 80.7 Å². The second-order valence-corrected chi connectivity index (χ2v) is 7.37. The number of rotatable bonds is 2. The van der Waals surface area contributed by atoms with Gasteiger partial charge in [0.25, 0.3) is 0 Å². The van der Waals surface area contributed by atoms with E-state index >= 15 is 0 Å². The molecule has 0 aliphatic heterocycles. The number of hydrogen-bond donors (Lipinski definition) is 0. The fraction of sp³-hybridized carbons (Fsp3) is 0.400. The smallest absolute Gasteiger partial charge is 0.0113 e. The van der Waals surface area contributed by atoms with Crippen LogP contribution in [0.25, 0.3) is 0 Å². The summed E-state index contributed by atoms with van der Waals surface area (Å²) in [5.41, 5.74) is 0. The highest BCUT2D eigenvalue weighted by Crippen LogP contribution is 2.46. The average molecular weight is 198 g/mol. The Bertz CT molecular complexity index is 225. The van der Waals surface area contributed by atoms with Gasteiger partial charge >= 0.3 is 0 Å². The third-order valence-electron chi connectivity index (χ3n) is 1.22. The third-order valence-corrected chi connectivity index (χ3v) is 5.29. The van der Waals surface area contributed by atoms with E-state index in [1.165, 1.54) is 4.90 Å². The largest absolute Gasteiger partial charge is 0.101 e. The first-order valence-electron chi connectivity index (χ1n) is 4.07. The summed E-state index contributed by atoms with van der Waals surface area (Å²) in [5.74, 6) is 0. The summed E-state index contributed by atoms with van der Waals surface area (Å²) >= 11 is 1.96. The van der Waals surface area contributed by atoms with Gasteiger partial charge in [0, 0.05) is 4.90 Å². The molecule has 0 radical (unpaired) electrons. The molecule has 0 nitrogen and oxygen atoms in total. The van der Waals surface area contributed by atoms with Crippen molar-refractivity contribution in [2.24, 2.45) is 0 Å². The minimum absolute atomic E-state index is 0.445. The molecule has 0 saturated heterocycles. The van der Waals surface area contributed by atoms with Crippen LogP contribution in [0.15, 0.2) is 35.2 Å². The van der Waals surface area contributed by atoms with E-state index in [2.05, 4.69) is 51.1 Å². The van der Waals surface area contributed by atoms with Crippen LogP contribution in [-0.2, 0) is 0 Å². The maximum Gasteiger partial charge on any atom is 0.0113 e. The second-order valence-electron chi connectivity index (χ2n) is 3.77. The summed E-state index contributed by atoms with van der Waals surface area (Å²) in [4.78, 5) is 1.38. The van der Waals surface area contributed by atoms with Crippen molar-refractivity contribution in [3.63, 3.8) is 0 Å². The molecule has 0 aliphatic rings. The van der Waals surface area contributed by atoms with Crippen molar-refractivity contribution in [1.29, 1.82) is 0 Å². The lowest BCUT2D eigenvalue weighted by molar-refractivity contribution is 0.802. The average Bonchev–Trinajstić information content (AvgIpc) is 2.02. The Morgan fingerprint density at radius 3 is 2.17 bits per heavy atom. The summed E-state index contributed by atoms with van der Waals surface area (Å²) in [6.07, 6.45) is 0. The van der Waals surface area contributed by atoms with Gasteiger partial charge in [-0.05, 0) is 17.3 Å². The molecule has 0 amide bonds. The normalized spacial score (nSPS) is 12.6. The molecule has 1 aromatic carbocycles. The predicted molar refractivity (Wildman–Crippen MR) is 60.4 cm³/mol. The maximum absolute atomic E-state index is 2.28. The highest BCUT2D eigenvalue weighted by molar-refractivity contribution is 8.49. The van der Waals surface area contributed by atoms with Crippen molar-refractivity contribution in [3.05, 3.63) is 30.3 Å². The summed E-state index contributed by atoms with van der Waals surface area (Å²) in [6.45, 7) is 6.84. The predicted octanol–water partition coefficient (Wildman–Crippen LogP) is 4.17. The van der Waals surface area contributed by atoms with E-state index in [1.54, 1.807) is 0 Å². The molecule has 12 heavy (non-hydrogen) atoms. The summed E-state index contributed by atoms with van der Waals surface area (Å²) in [6, 6.07) is 10.6. The van der Waals surface area contributed by atoms with Gasteiger partial charge in [-0.2, -0.15) is 0 Å². The molecular weight excluding hydrogens is 183 g/mol. The van der Waals surface area contributed by atoms with Gasteiger partial charge in [-0.3, -0.25) is 0 Å². The topological polar surface area (TPSA) is 0 Å². The Morgan fingerprint density at radius 2 is 1.67 bits per heavy atom. The molecule has 0 N–H and O–H groups in total. The first-order valence-corrected chi connectivity index (χ1v) is 6.61. The molecule has 0 bridgehead atoms. The van der Waals surface area contributed by atoms with Gasteiger partial charge in [-0.1, -0.05) is 46.8 Å². The van der Waals surface area contributed by atoms with E-state index in [1.807, 2.05) is 11.4 Å². The van der Waals surface area contributed by atoms with Crippen LogP contribution in [-0.4, -0.2) is 5.16 Å². The van der Waals surface area contributed by atoms with Gasteiger partial charge in [0.2, 0.25) is 0 Å². The molecule has 1 aromatic rings. The first-order chi connectivity index (χ1) is 5.58. The Kier molecular flexibility index (Phi) is 3.61. The van der Waals surface area contributed by atoms with Crippen molar-refractivity contribution in [2.45, 2.75) is 30.8 Å². The Hall–Kier alpha value is 0. The van der Waals surface area contributed by atoms with E-state index in [0.29, 0.717) is 5.16 Å². The summed E-state index contributed by atoms with van der Waals surface area (Å²) < 4.78 is 0. The molecule has 0 aliphatic carbocycles. The molecule has 0 heterocycles. The zero-order valence-corrected chi connectivity index (χ0v) is 9.61.